The molecule has 13 heavy (non-hydrogen) atoms. The van der Waals surface area contributed by atoms with Gasteiger partial charge < -0.3 is 10.8 Å². The zero-order valence-electron chi connectivity index (χ0n) is 6.77. The second-order valence-electron chi connectivity index (χ2n) is 2.75. The molecule has 1 heterocycles. The molecule has 0 fully saturated rings. The molecular formula is C9H8N2O2. The zero-order chi connectivity index (χ0) is 9.42. The Hall–Kier alpha value is -1.97. The van der Waals surface area contributed by atoms with Gasteiger partial charge in [-0.2, -0.15) is 0 Å². The van der Waals surface area contributed by atoms with Crippen LogP contribution in [0.4, 0.5) is 10.6 Å². The molecule has 0 aliphatic carbocycles. The fourth-order valence-corrected chi connectivity index (χ4v) is 1.34. The van der Waals surface area contributed by atoms with Crippen LogP contribution >= 0.6 is 0 Å². The molecule has 0 aliphatic heterocycles. The number of nitrogens with zero attached hydrogens (tertiary/aromatic N) is 1. The van der Waals surface area contributed by atoms with Crippen molar-refractivity contribution in [2.75, 3.05) is 5.73 Å². The average Bonchev–Trinajstić information content (AvgIpc) is 2.45. The van der Waals surface area contributed by atoms with Gasteiger partial charge in [-0.3, -0.25) is 0 Å². The first-order valence-electron chi connectivity index (χ1n) is 3.79. The van der Waals surface area contributed by atoms with Crippen molar-refractivity contribution in [2.24, 2.45) is 0 Å². The number of carboxylic acid groups (broad SMARTS) is 1. The first-order chi connectivity index (χ1) is 6.20. The number of hydrogen-bond acceptors (Lipinski definition) is 2. The first kappa shape index (κ1) is 7.67. The Balaban J connectivity index is 2.81. The Morgan fingerprint density at radius 2 is 2.08 bits per heavy atom. The van der Waals surface area contributed by atoms with Crippen LogP contribution < -0.4 is 5.73 Å². The van der Waals surface area contributed by atoms with E-state index in [9.17, 15) is 4.79 Å². The minimum absolute atomic E-state index is 0.267. The predicted molar refractivity (Wildman–Crippen MR) is 49.8 cm³/mol. The van der Waals surface area contributed by atoms with Crippen LogP contribution in [0.5, 0.6) is 0 Å². The third kappa shape index (κ3) is 1.03. The fourth-order valence-electron chi connectivity index (χ4n) is 1.34. The van der Waals surface area contributed by atoms with Crippen LogP contribution in [0.25, 0.3) is 10.8 Å². The highest BCUT2D eigenvalue weighted by Gasteiger charge is 2.09. The van der Waals surface area contributed by atoms with Crippen molar-refractivity contribution < 1.29 is 9.90 Å². The van der Waals surface area contributed by atoms with Crippen LogP contribution in [0.1, 0.15) is 0 Å². The SMILES string of the molecule is Nc1c2ccccc2cn1C(=O)O. The fraction of sp³-hybridized carbons (Fsp3) is 0. The van der Waals surface area contributed by atoms with Crippen LogP contribution in [-0.4, -0.2) is 15.8 Å². The monoisotopic (exact) mass is 176 g/mol. The Morgan fingerprint density at radius 1 is 1.38 bits per heavy atom. The predicted octanol–water partition coefficient (Wildman–Crippen LogP) is 1.75. The summed E-state index contributed by atoms with van der Waals surface area (Å²) in [5.41, 5.74) is 5.62. The van der Waals surface area contributed by atoms with Gasteiger partial charge in [0.15, 0.2) is 0 Å². The molecule has 1 aromatic heterocycles. The molecule has 4 nitrogen and oxygen atoms in total. The molecule has 3 N–H and O–H groups in total. The summed E-state index contributed by atoms with van der Waals surface area (Å²) >= 11 is 0. The summed E-state index contributed by atoms with van der Waals surface area (Å²) in [6, 6.07) is 7.29. The normalized spacial score (nSPS) is 10.5. The van der Waals surface area contributed by atoms with Gasteiger partial charge in [0.25, 0.3) is 0 Å². The summed E-state index contributed by atoms with van der Waals surface area (Å²) in [5.74, 6) is 0.267. The molecule has 0 radical (unpaired) electrons. The topological polar surface area (TPSA) is 68.2 Å². The molecule has 0 spiro atoms. The quantitative estimate of drug-likeness (QED) is 0.642. The van der Waals surface area contributed by atoms with Crippen molar-refractivity contribution in [3.8, 4) is 0 Å². The molecule has 2 rings (SSSR count). The number of aromatic nitrogens is 1. The average molecular weight is 176 g/mol. The van der Waals surface area contributed by atoms with Gasteiger partial charge >= 0.3 is 6.09 Å². The van der Waals surface area contributed by atoms with E-state index in [2.05, 4.69) is 0 Å². The third-order valence-electron chi connectivity index (χ3n) is 1.97. The Labute approximate surface area is 74.2 Å². The van der Waals surface area contributed by atoms with Crippen molar-refractivity contribution in [1.29, 1.82) is 0 Å². The number of fused-ring (bicyclic) bond motifs is 1. The molecule has 0 atom stereocenters. The second-order valence-corrected chi connectivity index (χ2v) is 2.75. The Kier molecular flexibility index (Phi) is 1.48. The lowest BCUT2D eigenvalue weighted by atomic mass is 10.2. The van der Waals surface area contributed by atoms with Gasteiger partial charge in [0, 0.05) is 17.0 Å². The summed E-state index contributed by atoms with van der Waals surface area (Å²) in [7, 11) is 0. The maximum atomic E-state index is 10.7. The minimum atomic E-state index is -1.06. The molecule has 0 saturated heterocycles. The maximum Gasteiger partial charge on any atom is 0.417 e. The molecule has 0 amide bonds. The van der Waals surface area contributed by atoms with Crippen LogP contribution in [0.3, 0.4) is 0 Å². The van der Waals surface area contributed by atoms with Crippen LogP contribution in [-0.2, 0) is 0 Å². The zero-order valence-corrected chi connectivity index (χ0v) is 6.77. The van der Waals surface area contributed by atoms with E-state index in [4.69, 9.17) is 10.8 Å². The third-order valence-corrected chi connectivity index (χ3v) is 1.97. The minimum Gasteiger partial charge on any atom is -0.464 e. The smallest absolute Gasteiger partial charge is 0.417 e. The Bertz CT molecular complexity index is 473. The highest BCUT2D eigenvalue weighted by atomic mass is 16.4. The van der Waals surface area contributed by atoms with Crippen LogP contribution in [0.2, 0.25) is 0 Å². The largest absolute Gasteiger partial charge is 0.464 e. The van der Waals surface area contributed by atoms with Gasteiger partial charge in [0.1, 0.15) is 5.82 Å². The van der Waals surface area contributed by atoms with Crippen molar-refractivity contribution in [2.45, 2.75) is 0 Å². The molecule has 0 bridgehead atoms. The van der Waals surface area contributed by atoms with E-state index in [1.165, 1.54) is 6.20 Å². The standard InChI is InChI=1S/C9H8N2O2/c10-8-7-4-2-1-3-6(7)5-11(8)9(12)13/h1-5H,10H2,(H,12,13). The van der Waals surface area contributed by atoms with Crippen molar-refractivity contribution in [1.82, 2.24) is 4.57 Å². The summed E-state index contributed by atoms with van der Waals surface area (Å²) in [4.78, 5) is 10.7. The van der Waals surface area contributed by atoms with E-state index in [-0.39, 0.29) is 5.82 Å². The van der Waals surface area contributed by atoms with Crippen LogP contribution in [0.15, 0.2) is 30.5 Å². The molecule has 0 unspecified atom stereocenters. The van der Waals surface area contributed by atoms with E-state index in [1.54, 1.807) is 6.07 Å². The number of rotatable bonds is 0. The molecular weight excluding hydrogens is 168 g/mol. The highest BCUT2D eigenvalue weighted by molar-refractivity contribution is 5.96. The number of nitrogens with two attached hydrogens (primary N) is 1. The molecule has 0 aliphatic rings. The van der Waals surface area contributed by atoms with Gasteiger partial charge in [0.2, 0.25) is 0 Å². The van der Waals surface area contributed by atoms with E-state index in [1.807, 2.05) is 18.2 Å². The molecule has 1 aromatic carbocycles. The van der Waals surface area contributed by atoms with Gasteiger partial charge in [-0.05, 0) is 0 Å². The van der Waals surface area contributed by atoms with Crippen molar-refractivity contribution in [3.05, 3.63) is 30.5 Å². The van der Waals surface area contributed by atoms with Gasteiger partial charge in [0.05, 0.1) is 0 Å². The summed E-state index contributed by atoms with van der Waals surface area (Å²) in [5, 5.41) is 10.4. The second kappa shape index (κ2) is 2.52. The van der Waals surface area contributed by atoms with Crippen molar-refractivity contribution in [3.63, 3.8) is 0 Å². The first-order valence-corrected chi connectivity index (χ1v) is 3.79. The maximum absolute atomic E-state index is 10.7. The lowest BCUT2D eigenvalue weighted by Gasteiger charge is -1.95. The Morgan fingerprint density at radius 3 is 2.69 bits per heavy atom. The van der Waals surface area contributed by atoms with Gasteiger partial charge in [-0.15, -0.1) is 0 Å². The van der Waals surface area contributed by atoms with Gasteiger partial charge in [-0.1, -0.05) is 24.3 Å². The van der Waals surface area contributed by atoms with E-state index < -0.39 is 6.09 Å². The highest BCUT2D eigenvalue weighted by Crippen LogP contribution is 2.22. The number of nitrogen functional groups attached to an aromatic ring is 1. The van der Waals surface area contributed by atoms with Gasteiger partial charge in [-0.25, -0.2) is 9.36 Å². The van der Waals surface area contributed by atoms with E-state index in [0.717, 1.165) is 15.3 Å². The summed E-state index contributed by atoms with van der Waals surface area (Å²) < 4.78 is 1.02. The van der Waals surface area contributed by atoms with Crippen LogP contribution in [0, 0.1) is 0 Å². The van der Waals surface area contributed by atoms with E-state index >= 15 is 0 Å². The van der Waals surface area contributed by atoms with E-state index in [0.29, 0.717) is 0 Å². The molecule has 2 aromatic rings. The number of anilines is 1. The lowest BCUT2D eigenvalue weighted by molar-refractivity contribution is 0.197. The summed E-state index contributed by atoms with van der Waals surface area (Å²) in [6.07, 6.45) is 0.446. The summed E-state index contributed by atoms with van der Waals surface area (Å²) in [6.45, 7) is 0. The number of hydrogen-bond donors (Lipinski definition) is 2. The van der Waals surface area contributed by atoms with Crippen molar-refractivity contribution >= 4 is 22.7 Å². The molecule has 0 saturated carbocycles. The number of carbonyl (C=O) groups is 1. The molecule has 4 heteroatoms. The lowest BCUT2D eigenvalue weighted by Crippen LogP contribution is -2.09. The number of benzene rings is 1. The molecule has 66 valence electrons.